The van der Waals surface area contributed by atoms with Crippen molar-refractivity contribution in [1.82, 2.24) is 0 Å². The minimum atomic E-state index is -0.445. The second-order valence-corrected chi connectivity index (χ2v) is 6.98. The van der Waals surface area contributed by atoms with Crippen molar-refractivity contribution in [3.8, 4) is 16.9 Å². The van der Waals surface area contributed by atoms with Gasteiger partial charge in [0.05, 0.1) is 6.10 Å². The molecule has 0 fully saturated rings. The number of aliphatic hydroxyl groups is 1. The Morgan fingerprint density at radius 3 is 2.64 bits per heavy atom. The minimum absolute atomic E-state index is 0.0737. The summed E-state index contributed by atoms with van der Waals surface area (Å²) >= 11 is 0. The summed E-state index contributed by atoms with van der Waals surface area (Å²) in [5.41, 5.74) is 4.70. The molecule has 0 radical (unpaired) electrons. The molecule has 1 aliphatic carbocycles. The first-order chi connectivity index (χ1) is 13.7. The third-order valence-corrected chi connectivity index (χ3v) is 5.08. The zero-order chi connectivity index (χ0) is 19.3. The number of anilines is 1. The predicted octanol–water partition coefficient (Wildman–Crippen LogP) is 4.74. The first-order valence-electron chi connectivity index (χ1n) is 9.59. The number of fused-ring (bicyclic) bond motifs is 1. The number of benzene rings is 3. The average Bonchev–Trinajstić information content (AvgIpc) is 2.74. The van der Waals surface area contributed by atoms with Crippen molar-refractivity contribution in [2.45, 2.75) is 25.4 Å². The van der Waals surface area contributed by atoms with E-state index in [9.17, 15) is 9.90 Å². The van der Waals surface area contributed by atoms with Gasteiger partial charge in [-0.2, -0.15) is 0 Å². The van der Waals surface area contributed by atoms with Crippen LogP contribution < -0.4 is 10.1 Å². The number of carbonyl (C=O) groups excluding carboxylic acids is 1. The van der Waals surface area contributed by atoms with Gasteiger partial charge in [-0.05, 0) is 48.1 Å². The maximum absolute atomic E-state index is 12.5. The van der Waals surface area contributed by atoms with Crippen LogP contribution >= 0.6 is 0 Å². The molecule has 4 heteroatoms. The van der Waals surface area contributed by atoms with E-state index in [4.69, 9.17) is 4.74 Å². The average molecular weight is 373 g/mol. The number of ether oxygens (including phenoxy) is 1. The Morgan fingerprint density at radius 1 is 1.00 bits per heavy atom. The number of para-hydroxylation sites is 1. The molecule has 0 unspecified atom stereocenters. The summed E-state index contributed by atoms with van der Waals surface area (Å²) in [5, 5.41) is 13.1. The molecule has 1 atom stereocenters. The number of aliphatic hydroxyl groups excluding tert-OH is 1. The highest BCUT2D eigenvalue weighted by molar-refractivity contribution is 5.96. The van der Waals surface area contributed by atoms with E-state index in [0.717, 1.165) is 47.2 Å². The molecule has 2 N–H and O–H groups in total. The number of nitrogens with one attached hydrogen (secondary N) is 1. The van der Waals surface area contributed by atoms with Crippen molar-refractivity contribution in [2.24, 2.45) is 0 Å². The molecule has 0 spiro atoms. The van der Waals surface area contributed by atoms with Gasteiger partial charge < -0.3 is 15.2 Å². The molecule has 1 aliphatic rings. The molecule has 4 nitrogen and oxygen atoms in total. The second-order valence-electron chi connectivity index (χ2n) is 6.98. The van der Waals surface area contributed by atoms with E-state index < -0.39 is 6.10 Å². The maximum atomic E-state index is 12.5. The number of carbonyl (C=O) groups is 1. The lowest BCUT2D eigenvalue weighted by atomic mass is 9.89. The lowest BCUT2D eigenvalue weighted by Crippen LogP contribution is -2.21. The zero-order valence-electron chi connectivity index (χ0n) is 15.6. The van der Waals surface area contributed by atoms with Gasteiger partial charge >= 0.3 is 0 Å². The van der Waals surface area contributed by atoms with Crippen LogP contribution in [0.25, 0.3) is 11.1 Å². The van der Waals surface area contributed by atoms with Gasteiger partial charge in [0.25, 0.3) is 5.91 Å². The van der Waals surface area contributed by atoms with Crippen LogP contribution in [0.4, 0.5) is 5.69 Å². The first kappa shape index (κ1) is 18.3. The highest BCUT2D eigenvalue weighted by atomic mass is 16.5. The van der Waals surface area contributed by atoms with Crippen molar-refractivity contribution in [3.63, 3.8) is 0 Å². The topological polar surface area (TPSA) is 58.6 Å². The SMILES string of the molecule is O=C(COc1cccc2c1CCC[C@@H]2O)Nc1ccccc1-c1ccccc1. The Bertz CT molecular complexity index is 969. The largest absolute Gasteiger partial charge is 0.483 e. The number of rotatable bonds is 5. The molecule has 3 aromatic carbocycles. The minimum Gasteiger partial charge on any atom is -0.483 e. The quantitative estimate of drug-likeness (QED) is 0.679. The van der Waals surface area contributed by atoms with E-state index in [1.165, 1.54) is 0 Å². The number of hydrogen-bond acceptors (Lipinski definition) is 3. The van der Waals surface area contributed by atoms with Gasteiger partial charge in [0.1, 0.15) is 5.75 Å². The zero-order valence-corrected chi connectivity index (χ0v) is 15.6. The molecule has 28 heavy (non-hydrogen) atoms. The number of hydrogen-bond donors (Lipinski definition) is 2. The summed E-state index contributed by atoms with van der Waals surface area (Å²) in [6.45, 7) is -0.0737. The summed E-state index contributed by atoms with van der Waals surface area (Å²) in [5.74, 6) is 0.472. The maximum Gasteiger partial charge on any atom is 0.262 e. The third-order valence-electron chi connectivity index (χ3n) is 5.08. The molecule has 0 aliphatic heterocycles. The molecule has 0 bridgehead atoms. The Hall–Kier alpha value is -3.11. The van der Waals surface area contributed by atoms with Gasteiger partial charge in [0.15, 0.2) is 6.61 Å². The van der Waals surface area contributed by atoms with Crippen LogP contribution in [0.15, 0.2) is 72.8 Å². The van der Waals surface area contributed by atoms with Crippen LogP contribution in [-0.4, -0.2) is 17.6 Å². The van der Waals surface area contributed by atoms with E-state index in [2.05, 4.69) is 5.32 Å². The summed E-state index contributed by atoms with van der Waals surface area (Å²) < 4.78 is 5.81. The molecule has 3 aromatic rings. The predicted molar refractivity (Wildman–Crippen MR) is 110 cm³/mol. The van der Waals surface area contributed by atoms with Crippen LogP contribution in [0.2, 0.25) is 0 Å². The van der Waals surface area contributed by atoms with Crippen molar-refractivity contribution >= 4 is 11.6 Å². The first-order valence-corrected chi connectivity index (χ1v) is 9.59. The van der Waals surface area contributed by atoms with Crippen molar-refractivity contribution in [1.29, 1.82) is 0 Å². The van der Waals surface area contributed by atoms with Gasteiger partial charge in [0.2, 0.25) is 0 Å². The van der Waals surface area contributed by atoms with Crippen LogP contribution in [0.1, 0.15) is 30.1 Å². The van der Waals surface area contributed by atoms with E-state index in [1.54, 1.807) is 0 Å². The lowest BCUT2D eigenvalue weighted by Gasteiger charge is -2.23. The van der Waals surface area contributed by atoms with Gasteiger partial charge in [-0.25, -0.2) is 0 Å². The summed E-state index contributed by atoms with van der Waals surface area (Å²) in [6.07, 6.45) is 2.11. The molecule has 0 heterocycles. The standard InChI is InChI=1S/C24H23NO3/c26-22-14-6-12-20-19(22)11-7-15-23(20)28-16-24(27)25-21-13-5-4-10-18(21)17-8-2-1-3-9-17/h1-5,7-11,13,15,22,26H,6,12,14,16H2,(H,25,27)/t22-/m0/s1. The molecule has 0 saturated carbocycles. The Kier molecular flexibility index (Phi) is 5.40. The smallest absolute Gasteiger partial charge is 0.262 e. The van der Waals surface area contributed by atoms with E-state index in [0.29, 0.717) is 5.75 Å². The molecule has 0 saturated heterocycles. The highest BCUT2D eigenvalue weighted by Gasteiger charge is 2.21. The molecule has 142 valence electrons. The number of amides is 1. The van der Waals surface area contributed by atoms with E-state index in [-0.39, 0.29) is 12.5 Å². The molecular formula is C24H23NO3. The molecule has 1 amide bonds. The fraction of sp³-hybridized carbons (Fsp3) is 0.208. The highest BCUT2D eigenvalue weighted by Crippen LogP contribution is 2.35. The Balaban J connectivity index is 1.46. The summed E-state index contributed by atoms with van der Waals surface area (Å²) in [7, 11) is 0. The van der Waals surface area contributed by atoms with Crippen molar-refractivity contribution < 1.29 is 14.6 Å². The van der Waals surface area contributed by atoms with Gasteiger partial charge in [-0.3, -0.25) is 4.79 Å². The Morgan fingerprint density at radius 2 is 1.79 bits per heavy atom. The monoisotopic (exact) mass is 373 g/mol. The van der Waals surface area contributed by atoms with Crippen molar-refractivity contribution in [2.75, 3.05) is 11.9 Å². The van der Waals surface area contributed by atoms with Gasteiger partial charge in [-0.1, -0.05) is 60.7 Å². The fourth-order valence-electron chi connectivity index (χ4n) is 3.72. The van der Waals surface area contributed by atoms with Crippen LogP contribution in [0.3, 0.4) is 0 Å². The molecule has 4 rings (SSSR count). The normalized spacial score (nSPS) is 15.5. The van der Waals surface area contributed by atoms with Gasteiger partial charge in [0, 0.05) is 11.3 Å². The fourth-order valence-corrected chi connectivity index (χ4v) is 3.72. The molecule has 0 aromatic heterocycles. The summed E-state index contributed by atoms with van der Waals surface area (Å²) in [4.78, 5) is 12.5. The second kappa shape index (κ2) is 8.28. The van der Waals surface area contributed by atoms with Crippen LogP contribution in [0.5, 0.6) is 5.75 Å². The van der Waals surface area contributed by atoms with Crippen LogP contribution in [-0.2, 0) is 11.2 Å². The van der Waals surface area contributed by atoms with Crippen molar-refractivity contribution in [3.05, 3.63) is 83.9 Å². The van der Waals surface area contributed by atoms with Crippen LogP contribution in [0, 0.1) is 0 Å². The van der Waals surface area contributed by atoms with Gasteiger partial charge in [-0.15, -0.1) is 0 Å². The Labute approximate surface area is 164 Å². The van der Waals surface area contributed by atoms with E-state index in [1.807, 2.05) is 72.8 Å². The van der Waals surface area contributed by atoms with E-state index >= 15 is 0 Å². The lowest BCUT2D eigenvalue weighted by molar-refractivity contribution is -0.118. The summed E-state index contributed by atoms with van der Waals surface area (Å²) in [6, 6.07) is 23.3. The third kappa shape index (κ3) is 3.92. The molecular weight excluding hydrogens is 350 g/mol.